The Bertz CT molecular complexity index is 932. The fourth-order valence-electron chi connectivity index (χ4n) is 3.37. The second-order valence-corrected chi connectivity index (χ2v) is 7.41. The highest BCUT2D eigenvalue weighted by Gasteiger charge is 2.31. The Morgan fingerprint density at radius 3 is 2.47 bits per heavy atom. The van der Waals surface area contributed by atoms with Crippen LogP contribution in [0.5, 0.6) is 5.75 Å². The number of amides is 1. The Kier molecular flexibility index (Phi) is 7.86. The van der Waals surface area contributed by atoms with Crippen molar-refractivity contribution in [1.82, 2.24) is 4.90 Å². The van der Waals surface area contributed by atoms with Crippen molar-refractivity contribution in [1.29, 1.82) is 0 Å². The van der Waals surface area contributed by atoms with Gasteiger partial charge in [0.1, 0.15) is 23.9 Å². The van der Waals surface area contributed by atoms with Crippen molar-refractivity contribution in [3.05, 3.63) is 53.7 Å². The second-order valence-electron chi connectivity index (χ2n) is 7.41. The van der Waals surface area contributed by atoms with Gasteiger partial charge in [0.05, 0.1) is 12.5 Å². The summed E-state index contributed by atoms with van der Waals surface area (Å²) in [6.45, 7) is 4.43. The summed E-state index contributed by atoms with van der Waals surface area (Å²) in [4.78, 5) is 38.4. The Morgan fingerprint density at radius 1 is 1.12 bits per heavy atom. The number of carbonyl (C=O) groups is 3. The number of halogens is 1. The third kappa shape index (κ3) is 6.09. The van der Waals surface area contributed by atoms with Gasteiger partial charge in [0, 0.05) is 13.1 Å². The first kappa shape index (κ1) is 23.3. The molecule has 1 aliphatic rings. The fraction of sp³-hybridized carbons (Fsp3) is 0.435. The molecule has 9 heteroatoms. The molecule has 1 unspecified atom stereocenters. The van der Waals surface area contributed by atoms with E-state index in [2.05, 4.69) is 0 Å². The lowest BCUT2D eigenvalue weighted by molar-refractivity contribution is -0.152. The Balaban J connectivity index is 1.46. The summed E-state index contributed by atoms with van der Waals surface area (Å²) in [5.74, 6) is -1.13. The van der Waals surface area contributed by atoms with E-state index >= 15 is 0 Å². The van der Waals surface area contributed by atoms with E-state index in [0.717, 1.165) is 0 Å². The van der Waals surface area contributed by atoms with Crippen molar-refractivity contribution < 1.29 is 37.4 Å². The first-order valence-corrected chi connectivity index (χ1v) is 10.5. The van der Waals surface area contributed by atoms with Crippen LogP contribution in [0.25, 0.3) is 0 Å². The quantitative estimate of drug-likeness (QED) is 0.573. The molecule has 0 N–H and O–H groups in total. The average molecular weight is 447 g/mol. The summed E-state index contributed by atoms with van der Waals surface area (Å²) in [6.07, 6.45) is 0.0347. The summed E-state index contributed by atoms with van der Waals surface area (Å²) < 4.78 is 34.1. The largest absolute Gasteiger partial charge is 0.486 e. The maximum Gasteiger partial charge on any atom is 0.375 e. The minimum atomic E-state index is -0.995. The molecule has 32 heavy (non-hydrogen) atoms. The highest BCUT2D eigenvalue weighted by atomic mass is 19.1. The Hall–Kier alpha value is -3.36. The van der Waals surface area contributed by atoms with E-state index < -0.39 is 12.1 Å². The zero-order valence-electron chi connectivity index (χ0n) is 18.0. The molecule has 1 atom stereocenters. The molecule has 0 saturated carbocycles. The van der Waals surface area contributed by atoms with Gasteiger partial charge in [-0.25, -0.2) is 9.18 Å². The van der Waals surface area contributed by atoms with Crippen molar-refractivity contribution in [2.75, 3.05) is 19.7 Å². The average Bonchev–Trinajstić information content (AvgIpc) is 3.28. The fourth-order valence-corrected chi connectivity index (χ4v) is 3.37. The van der Waals surface area contributed by atoms with Crippen LogP contribution in [0.1, 0.15) is 43.0 Å². The van der Waals surface area contributed by atoms with Gasteiger partial charge < -0.3 is 23.5 Å². The first-order valence-electron chi connectivity index (χ1n) is 10.5. The molecule has 1 fully saturated rings. The van der Waals surface area contributed by atoms with E-state index in [1.807, 2.05) is 0 Å². The zero-order chi connectivity index (χ0) is 23.1. The molecule has 1 aliphatic heterocycles. The second kappa shape index (κ2) is 10.8. The zero-order valence-corrected chi connectivity index (χ0v) is 18.0. The number of nitrogens with zero attached hydrogens (tertiary/aromatic N) is 1. The van der Waals surface area contributed by atoms with Gasteiger partial charge in [-0.2, -0.15) is 0 Å². The van der Waals surface area contributed by atoms with Gasteiger partial charge in [-0.1, -0.05) is 0 Å². The smallest absolute Gasteiger partial charge is 0.375 e. The van der Waals surface area contributed by atoms with Crippen molar-refractivity contribution >= 4 is 17.8 Å². The summed E-state index contributed by atoms with van der Waals surface area (Å²) in [6, 6.07) is 8.52. The third-order valence-electron chi connectivity index (χ3n) is 5.12. The number of rotatable bonds is 8. The van der Waals surface area contributed by atoms with Crippen LogP contribution < -0.4 is 4.74 Å². The molecular formula is C23H26FNO7. The van der Waals surface area contributed by atoms with Crippen molar-refractivity contribution in [3.8, 4) is 5.75 Å². The van der Waals surface area contributed by atoms with E-state index in [4.69, 9.17) is 18.6 Å². The summed E-state index contributed by atoms with van der Waals surface area (Å²) in [5, 5.41) is 0. The molecule has 0 radical (unpaired) electrons. The van der Waals surface area contributed by atoms with Gasteiger partial charge in [-0.15, -0.1) is 0 Å². The molecule has 0 bridgehead atoms. The van der Waals surface area contributed by atoms with Gasteiger partial charge in [0.25, 0.3) is 5.91 Å². The third-order valence-corrected chi connectivity index (χ3v) is 5.12. The molecule has 172 valence electrons. The number of esters is 2. The molecule has 8 nitrogen and oxygen atoms in total. The topological polar surface area (TPSA) is 95.3 Å². The first-order chi connectivity index (χ1) is 15.4. The van der Waals surface area contributed by atoms with E-state index in [1.54, 1.807) is 17.9 Å². The van der Waals surface area contributed by atoms with Crippen molar-refractivity contribution in [2.45, 2.75) is 39.4 Å². The minimum Gasteiger partial charge on any atom is -0.486 e. The van der Waals surface area contributed by atoms with Crippen LogP contribution >= 0.6 is 0 Å². The summed E-state index contributed by atoms with van der Waals surface area (Å²) >= 11 is 0. The maximum absolute atomic E-state index is 12.9. The lowest BCUT2D eigenvalue weighted by Gasteiger charge is -2.32. The number of benzene rings is 1. The predicted octanol–water partition coefficient (Wildman–Crippen LogP) is 3.34. The van der Waals surface area contributed by atoms with Crippen LogP contribution in [-0.4, -0.2) is 48.5 Å². The van der Waals surface area contributed by atoms with Crippen LogP contribution in [0, 0.1) is 11.7 Å². The van der Waals surface area contributed by atoms with E-state index in [1.165, 1.54) is 37.3 Å². The standard InChI is InChI=1S/C23H26FNO7/c1-3-29-22(27)16-10-12-25(13-11-16)21(26)15(2)31-23(28)20-9-8-19(32-20)14-30-18-6-4-17(24)5-7-18/h4-9,15-16H,3,10-14H2,1-2H3. The van der Waals surface area contributed by atoms with Crippen LogP contribution in [0.4, 0.5) is 4.39 Å². The monoisotopic (exact) mass is 447 g/mol. The molecule has 1 saturated heterocycles. The Labute approximate surface area is 185 Å². The molecule has 0 aliphatic carbocycles. The highest BCUT2D eigenvalue weighted by molar-refractivity contribution is 5.90. The lowest BCUT2D eigenvalue weighted by Crippen LogP contribution is -2.45. The van der Waals surface area contributed by atoms with Gasteiger partial charge in [0.2, 0.25) is 5.76 Å². The van der Waals surface area contributed by atoms with E-state index in [0.29, 0.717) is 44.0 Å². The van der Waals surface area contributed by atoms with Gasteiger partial charge in [0.15, 0.2) is 6.10 Å². The van der Waals surface area contributed by atoms with Crippen LogP contribution in [-0.2, 0) is 25.7 Å². The summed E-state index contributed by atoms with van der Waals surface area (Å²) in [5.41, 5.74) is 0. The molecule has 1 amide bonds. The van der Waals surface area contributed by atoms with Crippen molar-refractivity contribution in [2.24, 2.45) is 5.92 Å². The van der Waals surface area contributed by atoms with Gasteiger partial charge in [-0.05, 0) is 63.1 Å². The highest BCUT2D eigenvalue weighted by Crippen LogP contribution is 2.20. The molecule has 2 heterocycles. The lowest BCUT2D eigenvalue weighted by atomic mass is 9.97. The number of carbonyl (C=O) groups excluding carboxylic acids is 3. The van der Waals surface area contributed by atoms with Crippen LogP contribution in [0.2, 0.25) is 0 Å². The maximum atomic E-state index is 12.9. The van der Waals surface area contributed by atoms with Crippen LogP contribution in [0.3, 0.4) is 0 Å². The summed E-state index contributed by atoms with van der Waals surface area (Å²) in [7, 11) is 0. The van der Waals surface area contributed by atoms with Gasteiger partial charge >= 0.3 is 11.9 Å². The number of hydrogen-bond donors (Lipinski definition) is 0. The van der Waals surface area contributed by atoms with Crippen molar-refractivity contribution in [3.63, 3.8) is 0 Å². The molecule has 1 aromatic carbocycles. The SMILES string of the molecule is CCOC(=O)C1CCN(C(=O)C(C)OC(=O)c2ccc(COc3ccc(F)cc3)o2)CC1. The molecular weight excluding hydrogens is 421 g/mol. The predicted molar refractivity (Wildman–Crippen MR) is 110 cm³/mol. The van der Waals surface area contributed by atoms with Crippen LogP contribution in [0.15, 0.2) is 40.8 Å². The number of furan rings is 1. The number of likely N-dealkylation sites (tertiary alicyclic amines) is 1. The molecule has 1 aromatic heterocycles. The number of piperidine rings is 1. The normalized spacial score (nSPS) is 15.2. The van der Waals surface area contributed by atoms with E-state index in [-0.39, 0.29) is 36.0 Å². The molecule has 2 aromatic rings. The minimum absolute atomic E-state index is 0.0445. The molecule has 0 spiro atoms. The Morgan fingerprint density at radius 2 is 1.81 bits per heavy atom. The molecule has 3 rings (SSSR count). The van der Waals surface area contributed by atoms with Gasteiger partial charge in [-0.3, -0.25) is 9.59 Å². The van der Waals surface area contributed by atoms with E-state index in [9.17, 15) is 18.8 Å². The number of ether oxygens (including phenoxy) is 3. The number of hydrogen-bond acceptors (Lipinski definition) is 7.